The third-order valence-corrected chi connectivity index (χ3v) is 8.76. The van der Waals surface area contributed by atoms with Crippen molar-refractivity contribution in [1.82, 2.24) is 4.90 Å². The predicted molar refractivity (Wildman–Crippen MR) is 177 cm³/mol. The van der Waals surface area contributed by atoms with Crippen LogP contribution in [0.4, 0.5) is 16.2 Å². The van der Waals surface area contributed by atoms with Gasteiger partial charge in [0.25, 0.3) is 0 Å². The molecule has 0 bridgehead atoms. The van der Waals surface area contributed by atoms with E-state index < -0.39 is 6.29 Å². The van der Waals surface area contributed by atoms with Gasteiger partial charge in [-0.1, -0.05) is 61.5 Å². The molecule has 0 aliphatic carbocycles. The second-order valence-electron chi connectivity index (χ2n) is 11.9. The van der Waals surface area contributed by atoms with Crippen LogP contribution >= 0.6 is 0 Å². The minimum atomic E-state index is -0.666. The average molecular weight is 624 g/mol. The van der Waals surface area contributed by atoms with E-state index in [0.29, 0.717) is 23.7 Å². The Kier molecular flexibility index (Phi) is 10.3. The molecule has 0 aromatic heterocycles. The van der Waals surface area contributed by atoms with Crippen LogP contribution in [0.2, 0.25) is 0 Å². The van der Waals surface area contributed by atoms with Crippen molar-refractivity contribution < 1.29 is 29.2 Å². The Morgan fingerprint density at radius 2 is 1.59 bits per heavy atom. The van der Waals surface area contributed by atoms with E-state index in [4.69, 9.17) is 14.2 Å². The molecule has 2 saturated heterocycles. The number of rotatable bonds is 10. The van der Waals surface area contributed by atoms with Crippen molar-refractivity contribution in [1.29, 1.82) is 0 Å². The Bertz CT molecular complexity index is 1570. The number of ether oxygens (including phenoxy) is 3. The van der Waals surface area contributed by atoms with Crippen LogP contribution in [0.25, 0.3) is 0 Å². The van der Waals surface area contributed by atoms with Crippen molar-refractivity contribution in [2.45, 2.75) is 50.9 Å². The van der Waals surface area contributed by atoms with Crippen LogP contribution in [0.5, 0.6) is 11.5 Å². The number of amides is 2. The van der Waals surface area contributed by atoms with E-state index >= 15 is 0 Å². The van der Waals surface area contributed by atoms with Gasteiger partial charge in [0.05, 0.1) is 25.4 Å². The summed E-state index contributed by atoms with van der Waals surface area (Å²) in [6.45, 7) is 3.87. The van der Waals surface area contributed by atoms with Crippen LogP contribution in [0, 0.1) is 5.92 Å². The maximum Gasteiger partial charge on any atom is 0.323 e. The van der Waals surface area contributed by atoms with Gasteiger partial charge in [-0.05, 0) is 79.0 Å². The zero-order valence-corrected chi connectivity index (χ0v) is 25.9. The standard InChI is InChI=1S/C37H41N3O6/c1-25-34(22-40-20-6-9-31(40)24-42)45-36(46-35(25)27-14-12-26(23-41)13-15-27)28-7-5-8-30(21-28)39-37(43)38-29-16-18-33(19-17-29)44-32-10-3-2-4-11-32/h2-5,7-8,10-19,21,25,31,34-36,41-42H,6,9,20,22-24H2,1H3,(H2,38,39,43)/t25-,31-,34+,35+,36+/m0/s1. The lowest BCUT2D eigenvalue weighted by Gasteiger charge is -2.43. The summed E-state index contributed by atoms with van der Waals surface area (Å²) in [6.07, 6.45) is 0.966. The second-order valence-corrected chi connectivity index (χ2v) is 11.9. The van der Waals surface area contributed by atoms with Crippen LogP contribution in [-0.4, -0.2) is 53.0 Å². The number of aliphatic hydroxyl groups excluding tert-OH is 2. The maximum atomic E-state index is 12.9. The smallest absolute Gasteiger partial charge is 0.323 e. The highest BCUT2D eigenvalue weighted by Gasteiger charge is 2.40. The lowest BCUT2D eigenvalue weighted by molar-refractivity contribution is -0.276. The number of nitrogens with zero attached hydrogens (tertiary/aromatic N) is 1. The molecule has 5 atom stereocenters. The lowest BCUT2D eigenvalue weighted by Crippen LogP contribution is -2.46. The van der Waals surface area contributed by atoms with E-state index in [1.54, 1.807) is 24.3 Å². The number of likely N-dealkylation sites (tertiary alicyclic amines) is 1. The van der Waals surface area contributed by atoms with E-state index in [9.17, 15) is 15.0 Å². The van der Waals surface area contributed by atoms with Crippen molar-refractivity contribution in [3.63, 3.8) is 0 Å². The number of para-hydroxylation sites is 1. The zero-order valence-electron chi connectivity index (χ0n) is 25.9. The number of carbonyl (C=O) groups is 1. The third-order valence-electron chi connectivity index (χ3n) is 8.76. The van der Waals surface area contributed by atoms with E-state index in [0.717, 1.165) is 41.8 Å². The van der Waals surface area contributed by atoms with E-state index in [2.05, 4.69) is 22.5 Å². The summed E-state index contributed by atoms with van der Waals surface area (Å²) < 4.78 is 19.1. The summed E-state index contributed by atoms with van der Waals surface area (Å²) in [5.41, 5.74) is 3.87. The zero-order chi connectivity index (χ0) is 31.9. The number of hydrogen-bond donors (Lipinski definition) is 4. The van der Waals surface area contributed by atoms with Gasteiger partial charge in [-0.3, -0.25) is 4.90 Å². The predicted octanol–water partition coefficient (Wildman–Crippen LogP) is 6.86. The topological polar surface area (TPSA) is 113 Å². The molecule has 240 valence electrons. The van der Waals surface area contributed by atoms with Gasteiger partial charge < -0.3 is 35.1 Å². The summed E-state index contributed by atoms with van der Waals surface area (Å²) in [5.74, 6) is 1.45. The summed E-state index contributed by atoms with van der Waals surface area (Å²) >= 11 is 0. The normalized spacial score (nSPS) is 23.2. The molecule has 4 aromatic carbocycles. The molecule has 0 saturated carbocycles. The molecule has 2 aliphatic rings. The van der Waals surface area contributed by atoms with Gasteiger partial charge in [-0.2, -0.15) is 0 Å². The maximum absolute atomic E-state index is 12.9. The monoisotopic (exact) mass is 623 g/mol. The molecule has 2 fully saturated rings. The minimum absolute atomic E-state index is 0.0193. The number of anilines is 2. The number of aliphatic hydroxyl groups is 2. The molecule has 9 nitrogen and oxygen atoms in total. The second kappa shape index (κ2) is 14.9. The molecular weight excluding hydrogens is 582 g/mol. The SMILES string of the molecule is C[C@H]1[C@@H](CN2CCC[C@H]2CO)O[C@@H](c2cccc(NC(=O)Nc3ccc(Oc4ccccc4)cc3)c2)O[C@H]1c1ccc(CO)cc1. The molecule has 4 aromatic rings. The Labute approximate surface area is 269 Å². The molecule has 2 amide bonds. The van der Waals surface area contributed by atoms with Gasteiger partial charge in [0.1, 0.15) is 11.5 Å². The molecule has 9 heteroatoms. The first-order chi connectivity index (χ1) is 22.5. The summed E-state index contributed by atoms with van der Waals surface area (Å²) in [6, 6.07) is 31.8. The fraction of sp³-hybridized carbons (Fsp3) is 0.324. The number of urea groups is 1. The van der Waals surface area contributed by atoms with Crippen molar-refractivity contribution in [2.24, 2.45) is 5.92 Å². The molecule has 2 aliphatic heterocycles. The fourth-order valence-corrected chi connectivity index (χ4v) is 6.19. The highest BCUT2D eigenvalue weighted by atomic mass is 16.7. The van der Waals surface area contributed by atoms with Crippen molar-refractivity contribution in [3.8, 4) is 11.5 Å². The number of nitrogens with one attached hydrogen (secondary N) is 2. The summed E-state index contributed by atoms with van der Waals surface area (Å²) in [7, 11) is 0. The Balaban J connectivity index is 1.14. The third kappa shape index (κ3) is 7.75. The largest absolute Gasteiger partial charge is 0.457 e. The highest BCUT2D eigenvalue weighted by molar-refractivity contribution is 5.99. The van der Waals surface area contributed by atoms with Gasteiger partial charge in [0.2, 0.25) is 0 Å². The number of carbonyl (C=O) groups excluding carboxylic acids is 1. The van der Waals surface area contributed by atoms with Crippen LogP contribution in [-0.2, 0) is 16.1 Å². The van der Waals surface area contributed by atoms with Crippen molar-refractivity contribution in [3.05, 3.63) is 120 Å². The first kappa shape index (κ1) is 31.7. The highest BCUT2D eigenvalue weighted by Crippen LogP contribution is 2.42. The molecule has 2 heterocycles. The first-order valence-electron chi connectivity index (χ1n) is 15.9. The Morgan fingerprint density at radius 1 is 0.848 bits per heavy atom. The molecule has 6 rings (SSSR count). The molecule has 0 radical (unpaired) electrons. The molecule has 46 heavy (non-hydrogen) atoms. The quantitative estimate of drug-likeness (QED) is 0.153. The van der Waals surface area contributed by atoms with Gasteiger partial charge in [0.15, 0.2) is 6.29 Å². The number of hydrogen-bond acceptors (Lipinski definition) is 7. The first-order valence-corrected chi connectivity index (χ1v) is 15.9. The average Bonchev–Trinajstić information content (AvgIpc) is 3.54. The Hall–Kier alpha value is -4.25. The summed E-state index contributed by atoms with van der Waals surface area (Å²) in [4.78, 5) is 15.2. The van der Waals surface area contributed by atoms with Gasteiger partial charge in [-0.25, -0.2) is 4.79 Å². The summed E-state index contributed by atoms with van der Waals surface area (Å²) in [5, 5.41) is 25.3. The fourth-order valence-electron chi connectivity index (χ4n) is 6.19. The van der Waals surface area contributed by atoms with E-state index in [1.807, 2.05) is 78.9 Å². The van der Waals surface area contributed by atoms with Gasteiger partial charge >= 0.3 is 6.03 Å². The minimum Gasteiger partial charge on any atom is -0.457 e. The molecule has 0 unspecified atom stereocenters. The van der Waals surface area contributed by atoms with Crippen LogP contribution in [0.3, 0.4) is 0 Å². The van der Waals surface area contributed by atoms with Crippen molar-refractivity contribution >= 4 is 17.4 Å². The molecule has 4 N–H and O–H groups in total. The lowest BCUT2D eigenvalue weighted by atomic mass is 9.90. The van der Waals surface area contributed by atoms with E-state index in [-0.39, 0.29) is 43.4 Å². The van der Waals surface area contributed by atoms with Crippen LogP contribution in [0.1, 0.15) is 48.8 Å². The Morgan fingerprint density at radius 3 is 2.33 bits per heavy atom. The number of benzene rings is 4. The molecular formula is C37H41N3O6. The van der Waals surface area contributed by atoms with E-state index in [1.165, 1.54) is 0 Å². The molecule has 0 spiro atoms. The van der Waals surface area contributed by atoms with Crippen LogP contribution in [0.15, 0.2) is 103 Å². The van der Waals surface area contributed by atoms with Crippen LogP contribution < -0.4 is 15.4 Å². The van der Waals surface area contributed by atoms with Crippen molar-refractivity contribution in [2.75, 3.05) is 30.3 Å². The van der Waals surface area contributed by atoms with Gasteiger partial charge in [-0.15, -0.1) is 0 Å². The van der Waals surface area contributed by atoms with Gasteiger partial charge in [0, 0.05) is 35.4 Å².